The first kappa shape index (κ1) is 20.3. The standard InChI is InChI=1S/C21H24FNO4/c1-5-7-12-27-18-13-14(22)8-9-15(18)20-16(23-19(24)6-2)10-11-17(25-3)21(20)26-4/h6,8-11,13H,2,5,7,12H2,1,3-4H3,(H,23,24). The van der Waals surface area contributed by atoms with E-state index in [1.165, 1.54) is 32.4 Å². The van der Waals surface area contributed by atoms with Crippen LogP contribution in [0.2, 0.25) is 0 Å². The molecule has 0 fully saturated rings. The van der Waals surface area contributed by atoms with Crippen LogP contribution < -0.4 is 19.5 Å². The molecule has 0 aliphatic rings. The molecule has 144 valence electrons. The molecule has 6 heteroatoms. The average Bonchev–Trinajstić information content (AvgIpc) is 2.68. The molecule has 1 amide bonds. The van der Waals surface area contributed by atoms with Crippen LogP contribution in [0, 0.1) is 5.82 Å². The number of unbranched alkanes of at least 4 members (excludes halogenated alkanes) is 1. The summed E-state index contributed by atoms with van der Waals surface area (Å²) < 4.78 is 30.6. The first-order valence-corrected chi connectivity index (χ1v) is 8.66. The van der Waals surface area contributed by atoms with E-state index < -0.39 is 5.82 Å². The maximum atomic E-state index is 13.8. The summed E-state index contributed by atoms with van der Waals surface area (Å²) in [5.74, 6) is 0.464. The summed E-state index contributed by atoms with van der Waals surface area (Å²) in [6.07, 6.45) is 2.96. The molecule has 0 unspecified atom stereocenters. The molecule has 0 spiro atoms. The summed E-state index contributed by atoms with van der Waals surface area (Å²) in [5, 5.41) is 2.75. The van der Waals surface area contributed by atoms with Crippen molar-refractivity contribution in [3.8, 4) is 28.4 Å². The van der Waals surface area contributed by atoms with Crippen LogP contribution in [0.3, 0.4) is 0 Å². The van der Waals surface area contributed by atoms with Gasteiger partial charge in [0.2, 0.25) is 5.91 Å². The first-order chi connectivity index (χ1) is 13.0. The van der Waals surface area contributed by atoms with E-state index >= 15 is 0 Å². The van der Waals surface area contributed by atoms with Crippen molar-refractivity contribution in [2.75, 3.05) is 26.1 Å². The molecule has 0 saturated heterocycles. The zero-order valence-electron chi connectivity index (χ0n) is 15.8. The average molecular weight is 373 g/mol. The number of nitrogens with one attached hydrogen (secondary N) is 1. The molecule has 0 atom stereocenters. The molecule has 0 heterocycles. The summed E-state index contributed by atoms with van der Waals surface area (Å²) in [7, 11) is 3.02. The van der Waals surface area contributed by atoms with Gasteiger partial charge in [0, 0.05) is 11.6 Å². The van der Waals surface area contributed by atoms with Crippen molar-refractivity contribution in [1.29, 1.82) is 0 Å². The van der Waals surface area contributed by atoms with Crippen molar-refractivity contribution in [2.45, 2.75) is 19.8 Å². The molecule has 0 saturated carbocycles. The van der Waals surface area contributed by atoms with Crippen LogP contribution in [0.15, 0.2) is 43.0 Å². The zero-order valence-corrected chi connectivity index (χ0v) is 15.8. The highest BCUT2D eigenvalue weighted by Crippen LogP contribution is 2.46. The van der Waals surface area contributed by atoms with Gasteiger partial charge in [0.1, 0.15) is 11.6 Å². The lowest BCUT2D eigenvalue weighted by Gasteiger charge is -2.19. The lowest BCUT2D eigenvalue weighted by atomic mass is 10.00. The fourth-order valence-corrected chi connectivity index (χ4v) is 2.63. The predicted molar refractivity (Wildman–Crippen MR) is 104 cm³/mol. The van der Waals surface area contributed by atoms with E-state index in [9.17, 15) is 9.18 Å². The summed E-state index contributed by atoms with van der Waals surface area (Å²) in [4.78, 5) is 11.9. The van der Waals surface area contributed by atoms with E-state index in [0.29, 0.717) is 40.7 Å². The van der Waals surface area contributed by atoms with Gasteiger partial charge in [-0.15, -0.1) is 0 Å². The van der Waals surface area contributed by atoms with Crippen LogP contribution in [0.1, 0.15) is 19.8 Å². The molecule has 27 heavy (non-hydrogen) atoms. The normalized spacial score (nSPS) is 10.2. The fraction of sp³-hybridized carbons (Fsp3) is 0.286. The van der Waals surface area contributed by atoms with Crippen molar-refractivity contribution >= 4 is 11.6 Å². The molecule has 0 aliphatic carbocycles. The van der Waals surface area contributed by atoms with Gasteiger partial charge in [-0.1, -0.05) is 19.9 Å². The number of hydrogen-bond acceptors (Lipinski definition) is 4. The molecule has 1 N–H and O–H groups in total. The molecule has 0 aliphatic heterocycles. The molecule has 0 aromatic heterocycles. The molecule has 0 radical (unpaired) electrons. The Labute approximate surface area is 158 Å². The smallest absolute Gasteiger partial charge is 0.247 e. The number of ether oxygens (including phenoxy) is 3. The second-order valence-corrected chi connectivity index (χ2v) is 5.76. The lowest BCUT2D eigenvalue weighted by molar-refractivity contribution is -0.111. The van der Waals surface area contributed by atoms with Crippen molar-refractivity contribution in [2.24, 2.45) is 0 Å². The maximum absolute atomic E-state index is 13.8. The quantitative estimate of drug-likeness (QED) is 0.506. The number of methoxy groups -OCH3 is 2. The van der Waals surface area contributed by atoms with Gasteiger partial charge in [0.05, 0.1) is 32.1 Å². The van der Waals surface area contributed by atoms with E-state index in [1.54, 1.807) is 18.2 Å². The van der Waals surface area contributed by atoms with Gasteiger partial charge < -0.3 is 19.5 Å². The number of carbonyl (C=O) groups is 1. The third-order valence-electron chi connectivity index (χ3n) is 3.96. The summed E-state index contributed by atoms with van der Waals surface area (Å²) in [6.45, 7) is 5.97. The fourth-order valence-electron chi connectivity index (χ4n) is 2.63. The Morgan fingerprint density at radius 3 is 2.59 bits per heavy atom. The number of halogens is 1. The topological polar surface area (TPSA) is 56.8 Å². The van der Waals surface area contributed by atoms with Gasteiger partial charge in [0.15, 0.2) is 11.5 Å². The van der Waals surface area contributed by atoms with E-state index in [4.69, 9.17) is 14.2 Å². The van der Waals surface area contributed by atoms with Crippen LogP contribution in [0.4, 0.5) is 10.1 Å². The molecular formula is C21H24FNO4. The summed E-state index contributed by atoms with van der Waals surface area (Å²) >= 11 is 0. The van der Waals surface area contributed by atoms with Crippen LogP contribution in [-0.2, 0) is 4.79 Å². The Morgan fingerprint density at radius 1 is 1.19 bits per heavy atom. The van der Waals surface area contributed by atoms with Crippen LogP contribution in [0.5, 0.6) is 17.2 Å². The van der Waals surface area contributed by atoms with Gasteiger partial charge >= 0.3 is 0 Å². The van der Waals surface area contributed by atoms with Crippen LogP contribution in [0.25, 0.3) is 11.1 Å². The minimum atomic E-state index is -0.413. The SMILES string of the molecule is C=CC(=O)Nc1ccc(OC)c(OC)c1-c1ccc(F)cc1OCCCC. The zero-order chi connectivity index (χ0) is 19.8. The number of anilines is 1. The summed E-state index contributed by atoms with van der Waals surface area (Å²) in [5.41, 5.74) is 1.60. The van der Waals surface area contributed by atoms with Crippen molar-refractivity contribution in [3.05, 3.63) is 48.8 Å². The van der Waals surface area contributed by atoms with Crippen molar-refractivity contribution in [3.63, 3.8) is 0 Å². The lowest BCUT2D eigenvalue weighted by Crippen LogP contribution is -2.10. The number of amides is 1. The molecule has 0 bridgehead atoms. The Morgan fingerprint density at radius 2 is 1.96 bits per heavy atom. The van der Waals surface area contributed by atoms with Gasteiger partial charge in [-0.2, -0.15) is 0 Å². The Balaban J connectivity index is 2.67. The summed E-state index contributed by atoms with van der Waals surface area (Å²) in [6, 6.07) is 7.62. The number of benzene rings is 2. The largest absolute Gasteiger partial charge is 0.493 e. The van der Waals surface area contributed by atoms with Gasteiger partial charge in [-0.25, -0.2) is 4.39 Å². The minimum Gasteiger partial charge on any atom is -0.493 e. The van der Waals surface area contributed by atoms with Gasteiger partial charge in [-0.05, 0) is 36.8 Å². The van der Waals surface area contributed by atoms with Gasteiger partial charge in [-0.3, -0.25) is 4.79 Å². The Hall–Kier alpha value is -3.02. The van der Waals surface area contributed by atoms with E-state index in [2.05, 4.69) is 11.9 Å². The van der Waals surface area contributed by atoms with Crippen molar-refractivity contribution < 1.29 is 23.4 Å². The Bertz CT molecular complexity index is 820. The van der Waals surface area contributed by atoms with E-state index in [-0.39, 0.29) is 5.91 Å². The molecule has 2 aromatic rings. The van der Waals surface area contributed by atoms with Crippen LogP contribution in [-0.4, -0.2) is 26.7 Å². The first-order valence-electron chi connectivity index (χ1n) is 8.66. The molecule has 5 nitrogen and oxygen atoms in total. The highest BCUT2D eigenvalue weighted by Gasteiger charge is 2.21. The Kier molecular flexibility index (Phi) is 7.23. The van der Waals surface area contributed by atoms with E-state index in [0.717, 1.165) is 12.8 Å². The third-order valence-corrected chi connectivity index (χ3v) is 3.96. The minimum absolute atomic E-state index is 0.365. The second-order valence-electron chi connectivity index (χ2n) is 5.76. The second kappa shape index (κ2) is 9.62. The highest BCUT2D eigenvalue weighted by molar-refractivity contribution is 6.03. The van der Waals surface area contributed by atoms with Crippen molar-refractivity contribution in [1.82, 2.24) is 0 Å². The maximum Gasteiger partial charge on any atom is 0.247 e. The predicted octanol–water partition coefficient (Wildman–Crippen LogP) is 4.81. The molecule has 2 aromatic carbocycles. The third kappa shape index (κ3) is 4.78. The molecule has 2 rings (SSSR count). The van der Waals surface area contributed by atoms with Gasteiger partial charge in [0.25, 0.3) is 0 Å². The number of rotatable bonds is 9. The number of carbonyl (C=O) groups excluding carboxylic acids is 1. The highest BCUT2D eigenvalue weighted by atomic mass is 19.1. The monoisotopic (exact) mass is 373 g/mol. The van der Waals surface area contributed by atoms with Crippen LogP contribution >= 0.6 is 0 Å². The molecular weight excluding hydrogens is 349 g/mol. The number of hydrogen-bond donors (Lipinski definition) is 1. The van der Waals surface area contributed by atoms with E-state index in [1.807, 2.05) is 6.92 Å².